The first-order valence-electron chi connectivity index (χ1n) is 9.11. The van der Waals surface area contributed by atoms with E-state index in [1.165, 1.54) is 6.92 Å². The van der Waals surface area contributed by atoms with Gasteiger partial charge >= 0.3 is 5.97 Å². The molecule has 1 aromatic rings. The third kappa shape index (κ3) is 7.04. The van der Waals surface area contributed by atoms with E-state index in [4.69, 9.17) is 9.47 Å². The molecule has 25 heavy (non-hydrogen) atoms. The summed E-state index contributed by atoms with van der Waals surface area (Å²) < 4.78 is 11.3. The molecule has 0 saturated carbocycles. The molecule has 0 aliphatic rings. The SMILES string of the molecule is CCCCc1c(C)c(OC[C@@H](O)CNC(C)C)cc(C)c1OC(C)=O. The van der Waals surface area contributed by atoms with Gasteiger partial charge in [-0.3, -0.25) is 4.79 Å². The fraction of sp³-hybridized carbons (Fsp3) is 0.650. The highest BCUT2D eigenvalue weighted by molar-refractivity contribution is 5.71. The lowest BCUT2D eigenvalue weighted by Gasteiger charge is -2.20. The second-order valence-electron chi connectivity index (χ2n) is 6.85. The Morgan fingerprint density at radius 1 is 1.32 bits per heavy atom. The van der Waals surface area contributed by atoms with Crippen LogP contribution in [0.25, 0.3) is 0 Å². The van der Waals surface area contributed by atoms with Gasteiger partial charge in [-0.1, -0.05) is 27.2 Å². The van der Waals surface area contributed by atoms with Crippen LogP contribution in [0.1, 0.15) is 57.2 Å². The van der Waals surface area contributed by atoms with Crippen LogP contribution in [-0.2, 0) is 11.2 Å². The van der Waals surface area contributed by atoms with Crippen molar-refractivity contribution in [3.63, 3.8) is 0 Å². The zero-order valence-electron chi connectivity index (χ0n) is 16.4. The smallest absolute Gasteiger partial charge is 0.308 e. The van der Waals surface area contributed by atoms with E-state index in [1.54, 1.807) is 0 Å². The Hall–Kier alpha value is -1.59. The van der Waals surface area contributed by atoms with Gasteiger partial charge in [0.05, 0.1) is 0 Å². The van der Waals surface area contributed by atoms with Gasteiger partial charge in [-0.25, -0.2) is 0 Å². The van der Waals surface area contributed by atoms with E-state index in [9.17, 15) is 9.90 Å². The summed E-state index contributed by atoms with van der Waals surface area (Å²) in [6.45, 7) is 12.2. The summed E-state index contributed by atoms with van der Waals surface area (Å²) in [6.07, 6.45) is 2.33. The summed E-state index contributed by atoms with van der Waals surface area (Å²) in [7, 11) is 0. The van der Waals surface area contributed by atoms with E-state index in [0.29, 0.717) is 18.3 Å². The van der Waals surface area contributed by atoms with Crippen LogP contribution in [0.15, 0.2) is 6.07 Å². The maximum absolute atomic E-state index is 11.4. The number of benzene rings is 1. The molecular weight excluding hydrogens is 318 g/mol. The van der Waals surface area contributed by atoms with Crippen LogP contribution >= 0.6 is 0 Å². The van der Waals surface area contributed by atoms with Gasteiger partial charge in [-0.15, -0.1) is 0 Å². The molecule has 0 heterocycles. The molecule has 0 spiro atoms. The van der Waals surface area contributed by atoms with Crippen molar-refractivity contribution < 1.29 is 19.4 Å². The molecule has 0 amide bonds. The molecule has 0 aromatic heterocycles. The highest BCUT2D eigenvalue weighted by atomic mass is 16.5. The number of esters is 1. The highest BCUT2D eigenvalue weighted by Crippen LogP contribution is 2.35. The van der Waals surface area contributed by atoms with E-state index in [0.717, 1.165) is 41.7 Å². The Balaban J connectivity index is 2.96. The molecule has 0 fully saturated rings. The van der Waals surface area contributed by atoms with Gasteiger partial charge in [0, 0.05) is 25.1 Å². The van der Waals surface area contributed by atoms with E-state index in [2.05, 4.69) is 12.2 Å². The van der Waals surface area contributed by atoms with E-state index in [1.807, 2.05) is 33.8 Å². The van der Waals surface area contributed by atoms with E-state index in [-0.39, 0.29) is 12.6 Å². The van der Waals surface area contributed by atoms with Gasteiger partial charge in [0.25, 0.3) is 0 Å². The Morgan fingerprint density at radius 3 is 2.56 bits per heavy atom. The number of aryl methyl sites for hydroxylation is 1. The van der Waals surface area contributed by atoms with Crippen LogP contribution in [0.4, 0.5) is 0 Å². The molecule has 2 N–H and O–H groups in total. The Bertz CT molecular complexity index is 569. The van der Waals surface area contributed by atoms with Crippen molar-refractivity contribution in [2.45, 2.75) is 73.0 Å². The molecule has 0 aliphatic carbocycles. The average molecular weight is 351 g/mol. The summed E-state index contributed by atoms with van der Waals surface area (Å²) in [5, 5.41) is 13.2. The molecule has 142 valence electrons. The summed E-state index contributed by atoms with van der Waals surface area (Å²) in [6, 6.07) is 2.20. The molecule has 5 nitrogen and oxygen atoms in total. The Labute approximate surface area is 151 Å². The summed E-state index contributed by atoms with van der Waals surface area (Å²) in [4.78, 5) is 11.4. The first-order chi connectivity index (χ1) is 11.8. The predicted octanol–water partition coefficient (Wildman–Crippen LogP) is 3.31. The van der Waals surface area contributed by atoms with Crippen molar-refractivity contribution in [3.8, 4) is 11.5 Å². The number of aliphatic hydroxyl groups excluding tert-OH is 1. The first-order valence-corrected chi connectivity index (χ1v) is 9.11. The van der Waals surface area contributed by atoms with Gasteiger partial charge in [0.2, 0.25) is 0 Å². The quantitative estimate of drug-likeness (QED) is 0.500. The summed E-state index contributed by atoms with van der Waals surface area (Å²) >= 11 is 0. The molecule has 5 heteroatoms. The van der Waals surface area contributed by atoms with Crippen LogP contribution in [-0.4, -0.2) is 36.4 Å². The summed E-state index contributed by atoms with van der Waals surface area (Å²) in [5.41, 5.74) is 2.86. The lowest BCUT2D eigenvalue weighted by molar-refractivity contribution is -0.132. The zero-order chi connectivity index (χ0) is 19.0. The Kier molecular flexibility index (Phi) is 8.93. The fourth-order valence-electron chi connectivity index (χ4n) is 2.63. The second kappa shape index (κ2) is 10.4. The number of hydrogen-bond acceptors (Lipinski definition) is 5. The maximum atomic E-state index is 11.4. The van der Waals surface area contributed by atoms with Crippen molar-refractivity contribution in [2.75, 3.05) is 13.2 Å². The number of nitrogens with one attached hydrogen (secondary N) is 1. The zero-order valence-corrected chi connectivity index (χ0v) is 16.4. The second-order valence-corrected chi connectivity index (χ2v) is 6.85. The molecular formula is C20H33NO4. The maximum Gasteiger partial charge on any atom is 0.308 e. The number of ether oxygens (including phenoxy) is 2. The predicted molar refractivity (Wildman–Crippen MR) is 100 cm³/mol. The van der Waals surface area contributed by atoms with Crippen LogP contribution < -0.4 is 14.8 Å². The largest absolute Gasteiger partial charge is 0.491 e. The van der Waals surface area contributed by atoms with Gasteiger partial charge in [-0.05, 0) is 43.9 Å². The summed E-state index contributed by atoms with van der Waals surface area (Å²) in [5.74, 6) is 1.07. The van der Waals surface area contributed by atoms with Crippen molar-refractivity contribution in [2.24, 2.45) is 0 Å². The standard InChI is InChI=1S/C20H33NO4/c1-7-8-9-18-15(5)19(10-14(4)20(18)25-16(6)22)24-12-17(23)11-21-13(2)3/h10,13,17,21,23H,7-9,11-12H2,1-6H3/t17-/m0/s1. The lowest BCUT2D eigenvalue weighted by atomic mass is 9.98. The third-order valence-electron chi connectivity index (χ3n) is 4.02. The molecule has 0 aliphatic heterocycles. The van der Waals surface area contributed by atoms with Crippen LogP contribution in [0.3, 0.4) is 0 Å². The average Bonchev–Trinajstić information content (AvgIpc) is 2.54. The highest BCUT2D eigenvalue weighted by Gasteiger charge is 2.17. The normalized spacial score (nSPS) is 12.3. The lowest BCUT2D eigenvalue weighted by Crippen LogP contribution is -2.35. The number of hydrogen-bond donors (Lipinski definition) is 2. The molecule has 0 radical (unpaired) electrons. The minimum Gasteiger partial charge on any atom is -0.491 e. The fourth-order valence-corrected chi connectivity index (χ4v) is 2.63. The van der Waals surface area contributed by atoms with E-state index < -0.39 is 6.10 Å². The molecule has 1 aromatic carbocycles. The minimum atomic E-state index is -0.575. The van der Waals surface area contributed by atoms with Gasteiger partial charge in [-0.2, -0.15) is 0 Å². The first kappa shape index (κ1) is 21.5. The van der Waals surface area contributed by atoms with Crippen molar-refractivity contribution >= 4 is 5.97 Å². The van der Waals surface area contributed by atoms with E-state index >= 15 is 0 Å². The topological polar surface area (TPSA) is 67.8 Å². The van der Waals surface area contributed by atoms with Gasteiger partial charge < -0.3 is 19.9 Å². The number of aliphatic hydroxyl groups is 1. The number of carbonyl (C=O) groups is 1. The number of rotatable bonds is 10. The molecule has 0 saturated heterocycles. The van der Waals surface area contributed by atoms with Crippen LogP contribution in [0.2, 0.25) is 0 Å². The van der Waals surface area contributed by atoms with Gasteiger partial charge in [0.15, 0.2) is 0 Å². The monoisotopic (exact) mass is 351 g/mol. The minimum absolute atomic E-state index is 0.222. The molecule has 1 rings (SSSR count). The molecule has 0 bridgehead atoms. The van der Waals surface area contributed by atoms with Crippen molar-refractivity contribution in [1.29, 1.82) is 0 Å². The van der Waals surface area contributed by atoms with Crippen molar-refractivity contribution in [1.82, 2.24) is 5.32 Å². The Morgan fingerprint density at radius 2 is 2.00 bits per heavy atom. The number of unbranched alkanes of at least 4 members (excludes halogenated alkanes) is 1. The van der Waals surface area contributed by atoms with Crippen LogP contribution in [0, 0.1) is 13.8 Å². The third-order valence-corrected chi connectivity index (χ3v) is 4.02. The molecule has 1 atom stereocenters. The van der Waals surface area contributed by atoms with Crippen LogP contribution in [0.5, 0.6) is 11.5 Å². The molecule has 0 unspecified atom stereocenters. The van der Waals surface area contributed by atoms with Gasteiger partial charge in [0.1, 0.15) is 24.2 Å². The number of carbonyl (C=O) groups excluding carboxylic acids is 1. The van der Waals surface area contributed by atoms with Crippen molar-refractivity contribution in [3.05, 3.63) is 22.8 Å².